The minimum absolute atomic E-state index is 0.558. The average Bonchev–Trinajstić information content (AvgIpc) is 1.02. The van der Waals surface area contributed by atoms with Gasteiger partial charge in [-0.05, 0) is 277 Å². The Kier molecular flexibility index (Phi) is 23.9. The van der Waals surface area contributed by atoms with Gasteiger partial charge in [-0.2, -0.15) is 0 Å². The van der Waals surface area contributed by atoms with Crippen molar-refractivity contribution >= 4 is 126 Å². The maximum absolute atomic E-state index is 9.67. The Morgan fingerprint density at radius 1 is 0.139 bits per heavy atom. The van der Waals surface area contributed by atoms with E-state index in [1.54, 1.807) is 0 Å². The van der Waals surface area contributed by atoms with Crippen molar-refractivity contribution in [3.8, 4) is 134 Å². The van der Waals surface area contributed by atoms with Gasteiger partial charge in [0, 0.05) is 40.3 Å². The Morgan fingerprint density at radius 3 is 0.746 bits per heavy atom. The molecule has 21 rings (SSSR count). The molecule has 2 aromatic heterocycles. The number of hydrogen-bond donors (Lipinski definition) is 4. The third-order valence-corrected chi connectivity index (χ3v) is 24.1. The Labute approximate surface area is 718 Å². The van der Waals surface area contributed by atoms with Crippen molar-refractivity contribution in [2.24, 2.45) is 0 Å². The highest BCUT2D eigenvalue weighted by Gasteiger charge is 2.18. The van der Waals surface area contributed by atoms with Gasteiger partial charge in [0.2, 0.25) is 0 Å². The maximum atomic E-state index is 9.67. The fraction of sp³-hybridized carbons (Fsp3) is 0. The lowest BCUT2D eigenvalue weighted by Crippen LogP contribution is -2.00. The molecule has 0 aliphatic rings. The first-order valence-corrected chi connectivity index (χ1v) is 41.6. The van der Waals surface area contributed by atoms with Gasteiger partial charge >= 0.3 is 30.7 Å². The number of benzene rings is 19. The summed E-state index contributed by atoms with van der Waals surface area (Å²) in [5.41, 5.74) is 22.1. The van der Waals surface area contributed by atoms with Gasteiger partial charge in [-0.1, -0.05) is 291 Å². The molecule has 8 nitrogen and oxygen atoms in total. The van der Waals surface area contributed by atoms with Gasteiger partial charge in [0.15, 0.2) is 0 Å². The van der Waals surface area contributed by atoms with Gasteiger partial charge in [-0.25, -0.2) is 0 Å². The molecule has 0 saturated heterocycles. The molecule has 0 spiro atoms. The first-order chi connectivity index (χ1) is 60.2. The number of thiophene rings is 2. The van der Waals surface area contributed by atoms with Gasteiger partial charge in [-0.15, -0.1) is 22.7 Å². The summed E-state index contributed by atoms with van der Waals surface area (Å²) < 4.78 is 26.1. The highest BCUT2D eigenvalue weighted by atomic mass is 32.1. The van der Waals surface area contributed by atoms with Crippen LogP contribution in [0.2, 0.25) is 0 Å². The summed E-state index contributed by atoms with van der Waals surface area (Å²) in [5, 5.41) is 48.9. The molecule has 14 heteroatoms. The molecule has 578 valence electrons. The molecule has 21 aromatic rings. The van der Waals surface area contributed by atoms with Crippen molar-refractivity contribution in [2.45, 2.75) is 0 Å². The molecule has 0 aliphatic heterocycles. The van der Waals surface area contributed by atoms with Crippen LogP contribution in [0.25, 0.3) is 184 Å². The third kappa shape index (κ3) is 17.6. The van der Waals surface area contributed by atoms with E-state index in [1.165, 1.54) is 83.8 Å². The quantitative estimate of drug-likeness (QED) is 0.0496. The highest BCUT2D eigenvalue weighted by Crippen LogP contribution is 2.44. The summed E-state index contributed by atoms with van der Waals surface area (Å²) in [7, 11) is 2.86. The fourth-order valence-electron chi connectivity index (χ4n) is 16.0. The number of fused-ring (bicyclic) bond motifs is 12. The van der Waals surface area contributed by atoms with Gasteiger partial charge < -0.3 is 38.7 Å². The highest BCUT2D eigenvalue weighted by molar-refractivity contribution is 7.26. The van der Waals surface area contributed by atoms with Crippen LogP contribution in [0.5, 0.6) is 23.0 Å². The molecule has 0 atom stereocenters. The fourth-order valence-corrected chi connectivity index (χ4v) is 18.2. The second kappa shape index (κ2) is 36.9. The van der Waals surface area contributed by atoms with Crippen LogP contribution in [-0.4, -0.2) is 50.8 Å². The van der Waals surface area contributed by atoms with Crippen LogP contribution < -0.4 is 18.6 Å². The zero-order chi connectivity index (χ0) is 82.5. The van der Waals surface area contributed by atoms with Crippen molar-refractivity contribution in [1.82, 2.24) is 0 Å². The molecular formula is C108H74B4O8S2. The molecule has 0 aliphatic carbocycles. The lowest BCUT2D eigenvalue weighted by atomic mass is 9.90. The Hall–Kier alpha value is -14.3. The van der Waals surface area contributed by atoms with Crippen molar-refractivity contribution in [2.75, 3.05) is 0 Å². The van der Waals surface area contributed by atoms with E-state index in [2.05, 4.69) is 309 Å². The molecule has 0 unspecified atom stereocenters. The molecule has 2 heterocycles. The molecule has 0 amide bonds. The standard InChI is InChI=1S/C42H30BO2.C30H20BO2.2C18H12BO2S/c44-43-45-42-28-40(38-23-34(30-13-5-1-6-14-30)21-35(24-38)31-15-7-2-8-16-31)27-41(29-42)39-25-36(32-17-9-3-10-18-32)22-37(26-39)33-19-11-4-12-20-33;32-31-33-24-17-22(20-8-2-1-3-9-20)16-23(18-24)21-14-15-29-27-12-5-4-10-25(27)26-11-6-7-13-28(26)30(29)19-21;20-19-21-14-8-5-12(6-9-14)13-7-10-18-16(11-13)15-3-1-2-4-17(15)22-18;20-19-21-14-8-5-12(6-9-14)13-7-10-16-15-3-1-2-4-17(15)22-18(16)11-13/h1-29,44H;1-19,32H;2*1-11,20H. The van der Waals surface area contributed by atoms with Crippen molar-refractivity contribution in [1.29, 1.82) is 0 Å². The predicted octanol–water partition coefficient (Wildman–Crippen LogP) is 27.2. The molecule has 19 aromatic carbocycles. The zero-order valence-corrected chi connectivity index (χ0v) is 67.6. The number of rotatable bonds is 18. The van der Waals surface area contributed by atoms with Crippen LogP contribution >= 0.6 is 22.7 Å². The van der Waals surface area contributed by atoms with Crippen molar-refractivity contribution < 1.29 is 38.7 Å². The topological polar surface area (TPSA) is 118 Å². The smallest absolute Gasteiger partial charge is 0.537 e. The van der Waals surface area contributed by atoms with E-state index in [4.69, 9.17) is 28.7 Å². The first-order valence-electron chi connectivity index (χ1n) is 40.0. The van der Waals surface area contributed by atoms with Crippen LogP contribution in [0.3, 0.4) is 0 Å². The van der Waals surface area contributed by atoms with Crippen LogP contribution in [0.15, 0.2) is 425 Å². The van der Waals surface area contributed by atoms with Crippen LogP contribution in [0.1, 0.15) is 0 Å². The lowest BCUT2D eigenvalue weighted by molar-refractivity contribution is 0.453. The maximum Gasteiger partial charge on any atom is 0.569 e. The molecular weight excluding hydrogens is 1530 g/mol. The van der Waals surface area contributed by atoms with Gasteiger partial charge in [0.05, 0.1) is 0 Å². The molecule has 4 radical (unpaired) electrons. The Balaban J connectivity index is 0.000000116. The van der Waals surface area contributed by atoms with E-state index in [9.17, 15) is 10.0 Å². The summed E-state index contributed by atoms with van der Waals surface area (Å²) in [6, 6.07) is 147. The summed E-state index contributed by atoms with van der Waals surface area (Å²) in [5.74, 6) is 2.39. The van der Waals surface area contributed by atoms with E-state index < -0.39 is 0 Å². The molecule has 0 bridgehead atoms. The van der Waals surface area contributed by atoms with Crippen LogP contribution in [-0.2, 0) is 0 Å². The van der Waals surface area contributed by atoms with Gasteiger partial charge in [-0.3, -0.25) is 0 Å². The summed E-state index contributed by atoms with van der Waals surface area (Å²) in [6.07, 6.45) is 0. The normalized spacial score (nSPS) is 11.0. The lowest BCUT2D eigenvalue weighted by Gasteiger charge is -2.16. The van der Waals surface area contributed by atoms with E-state index in [1.807, 2.05) is 138 Å². The third-order valence-electron chi connectivity index (χ3n) is 21.8. The average molecular weight is 1610 g/mol. The SMILES string of the molecule is O[B]Oc1cc(-c2cc(-c3ccccc3)cc(-c3ccccc3)c2)cc(-c2cc(-c3ccccc3)cc(-c3ccccc3)c2)c1.O[B]Oc1cc(-c2ccccc2)cc(-c2ccc3c4ccccc4c4ccccc4c3c2)c1.O[B]Oc1ccc(-c2ccc3c(c2)sc2ccccc23)cc1.O[B]Oc1ccc(-c2ccc3sc4ccccc4c3c2)cc1. The van der Waals surface area contributed by atoms with E-state index in [0.717, 1.165) is 116 Å². The second-order valence-corrected chi connectivity index (χ2v) is 31.5. The van der Waals surface area contributed by atoms with Gasteiger partial charge in [0.1, 0.15) is 23.0 Å². The predicted molar refractivity (Wildman–Crippen MR) is 513 cm³/mol. The number of hydrogen-bond acceptors (Lipinski definition) is 10. The van der Waals surface area contributed by atoms with E-state index in [-0.39, 0.29) is 0 Å². The van der Waals surface area contributed by atoms with Crippen molar-refractivity contribution in [3.05, 3.63) is 425 Å². The molecule has 4 N–H and O–H groups in total. The Morgan fingerprint density at radius 2 is 0.361 bits per heavy atom. The summed E-state index contributed by atoms with van der Waals surface area (Å²) >= 11 is 3.64. The second-order valence-electron chi connectivity index (χ2n) is 29.3. The minimum Gasteiger partial charge on any atom is -0.537 e. The Bertz CT molecular complexity index is 6940. The summed E-state index contributed by atoms with van der Waals surface area (Å²) in [6.45, 7) is 0. The monoisotopic (exact) mass is 1610 g/mol. The zero-order valence-electron chi connectivity index (χ0n) is 66.0. The minimum atomic E-state index is 0.558. The van der Waals surface area contributed by atoms with E-state index >= 15 is 0 Å². The van der Waals surface area contributed by atoms with Crippen molar-refractivity contribution in [3.63, 3.8) is 0 Å². The molecule has 122 heavy (non-hydrogen) atoms. The van der Waals surface area contributed by atoms with E-state index in [0.29, 0.717) is 38.4 Å². The largest absolute Gasteiger partial charge is 0.569 e. The molecule has 0 fully saturated rings. The van der Waals surface area contributed by atoms with Crippen LogP contribution in [0, 0.1) is 0 Å². The summed E-state index contributed by atoms with van der Waals surface area (Å²) in [4.78, 5) is 0. The van der Waals surface area contributed by atoms with Crippen LogP contribution in [0.4, 0.5) is 0 Å². The van der Waals surface area contributed by atoms with Gasteiger partial charge in [0.25, 0.3) is 0 Å². The molecule has 0 saturated carbocycles. The first kappa shape index (κ1) is 78.9.